The molecule has 3 heterocycles. The normalized spacial score (nSPS) is 21.4. The molecule has 36 heavy (non-hydrogen) atoms. The molecule has 0 N–H and O–H groups in total. The summed E-state index contributed by atoms with van der Waals surface area (Å²) in [6, 6.07) is 10.4. The molecule has 0 unspecified atom stereocenters. The molecule has 3 saturated heterocycles. The molecule has 0 radical (unpaired) electrons. The van der Waals surface area contributed by atoms with Crippen LogP contribution in [0.25, 0.3) is 0 Å². The van der Waals surface area contributed by atoms with Crippen LogP contribution in [0.3, 0.4) is 0 Å². The predicted octanol–water partition coefficient (Wildman–Crippen LogP) is 4.05. The summed E-state index contributed by atoms with van der Waals surface area (Å²) in [7, 11) is 0. The van der Waals surface area contributed by atoms with Crippen LogP contribution >= 0.6 is 0 Å². The number of likely N-dealkylation sites (tertiary alicyclic amines) is 2. The van der Waals surface area contributed by atoms with Crippen molar-refractivity contribution in [1.82, 2.24) is 19.6 Å². The Labute approximate surface area is 216 Å². The Morgan fingerprint density at radius 2 is 1.39 bits per heavy atom. The van der Waals surface area contributed by atoms with Gasteiger partial charge in [0.15, 0.2) is 0 Å². The molecule has 1 aromatic carbocycles. The Morgan fingerprint density at radius 3 is 2.00 bits per heavy atom. The second kappa shape index (κ2) is 12.3. The van der Waals surface area contributed by atoms with Gasteiger partial charge in [-0.15, -0.1) is 0 Å². The van der Waals surface area contributed by atoms with Crippen LogP contribution in [0.2, 0.25) is 0 Å². The molecule has 0 bridgehead atoms. The molecule has 0 aromatic heterocycles. The zero-order valence-corrected chi connectivity index (χ0v) is 22.4. The maximum atomic E-state index is 12.5. The van der Waals surface area contributed by atoms with Crippen LogP contribution in [0.15, 0.2) is 30.3 Å². The van der Waals surface area contributed by atoms with Crippen molar-refractivity contribution in [2.45, 2.75) is 64.7 Å². The minimum Gasteiger partial charge on any atom is -0.445 e. The molecule has 3 aliphatic heterocycles. The van der Waals surface area contributed by atoms with Crippen molar-refractivity contribution in [3.63, 3.8) is 0 Å². The zero-order chi connectivity index (χ0) is 25.5. The summed E-state index contributed by atoms with van der Waals surface area (Å²) in [5.41, 5.74) is 0.586. The molecule has 200 valence electrons. The Kier molecular flexibility index (Phi) is 9.12. The third-order valence-electron chi connectivity index (χ3n) is 7.63. The lowest BCUT2D eigenvalue weighted by Gasteiger charge is -2.43. The zero-order valence-electron chi connectivity index (χ0n) is 22.4. The van der Waals surface area contributed by atoms with E-state index in [9.17, 15) is 9.59 Å². The van der Waals surface area contributed by atoms with E-state index >= 15 is 0 Å². The van der Waals surface area contributed by atoms with E-state index in [1.165, 1.54) is 0 Å². The second-order valence-electron chi connectivity index (χ2n) is 11.5. The molecule has 8 nitrogen and oxygen atoms in total. The standard InChI is InChI=1S/C28H44N4O4/c1-28(2,3)36-27(34)32-13-9-23(10-14-32)21-29-17-19-30(20-18-29)25-11-15-31(16-12-25)26(33)35-22-24-7-5-4-6-8-24/h4-8,23,25H,9-22H2,1-3H3. The van der Waals surface area contributed by atoms with Gasteiger partial charge in [-0.25, -0.2) is 9.59 Å². The minimum atomic E-state index is -0.435. The van der Waals surface area contributed by atoms with Gasteiger partial charge in [-0.3, -0.25) is 4.90 Å². The topological polar surface area (TPSA) is 65.6 Å². The number of piperidine rings is 2. The third-order valence-corrected chi connectivity index (χ3v) is 7.63. The third kappa shape index (κ3) is 7.84. The molecule has 0 spiro atoms. The quantitative estimate of drug-likeness (QED) is 0.608. The summed E-state index contributed by atoms with van der Waals surface area (Å²) in [6.07, 6.45) is 3.77. The summed E-state index contributed by atoms with van der Waals surface area (Å²) in [6.45, 7) is 14.8. The number of amides is 2. The summed E-state index contributed by atoms with van der Waals surface area (Å²) in [4.78, 5) is 33.7. The van der Waals surface area contributed by atoms with Crippen LogP contribution in [0.5, 0.6) is 0 Å². The number of carbonyl (C=O) groups is 2. The molecule has 0 atom stereocenters. The maximum Gasteiger partial charge on any atom is 0.410 e. The van der Waals surface area contributed by atoms with Gasteiger partial charge in [-0.05, 0) is 57.9 Å². The molecular weight excluding hydrogens is 456 g/mol. The fourth-order valence-corrected chi connectivity index (χ4v) is 5.52. The molecule has 2 amide bonds. The highest BCUT2D eigenvalue weighted by Crippen LogP contribution is 2.23. The summed E-state index contributed by atoms with van der Waals surface area (Å²) in [5.74, 6) is 0.653. The number of hydrogen-bond acceptors (Lipinski definition) is 6. The Morgan fingerprint density at radius 1 is 0.806 bits per heavy atom. The molecule has 3 fully saturated rings. The van der Waals surface area contributed by atoms with Crippen LogP contribution in [-0.4, -0.2) is 102 Å². The highest BCUT2D eigenvalue weighted by molar-refractivity contribution is 5.68. The van der Waals surface area contributed by atoms with E-state index in [4.69, 9.17) is 9.47 Å². The number of hydrogen-bond donors (Lipinski definition) is 0. The lowest BCUT2D eigenvalue weighted by molar-refractivity contribution is 0.0144. The van der Waals surface area contributed by atoms with Crippen molar-refractivity contribution >= 4 is 12.2 Å². The lowest BCUT2D eigenvalue weighted by Crippen LogP contribution is -2.54. The van der Waals surface area contributed by atoms with Crippen molar-refractivity contribution in [3.05, 3.63) is 35.9 Å². The first kappa shape index (κ1) is 26.7. The van der Waals surface area contributed by atoms with Crippen LogP contribution in [-0.2, 0) is 16.1 Å². The van der Waals surface area contributed by atoms with Gasteiger partial charge in [0, 0.05) is 64.9 Å². The Bertz CT molecular complexity index is 835. The molecule has 0 saturated carbocycles. The van der Waals surface area contributed by atoms with Gasteiger partial charge < -0.3 is 24.2 Å². The Hall–Kier alpha value is -2.32. The average molecular weight is 501 g/mol. The van der Waals surface area contributed by atoms with Crippen LogP contribution in [0.1, 0.15) is 52.0 Å². The predicted molar refractivity (Wildman–Crippen MR) is 140 cm³/mol. The Balaban J connectivity index is 1.10. The first-order valence-electron chi connectivity index (χ1n) is 13.7. The second-order valence-corrected chi connectivity index (χ2v) is 11.5. The van der Waals surface area contributed by atoms with Gasteiger partial charge in [-0.1, -0.05) is 30.3 Å². The maximum absolute atomic E-state index is 12.5. The first-order chi connectivity index (χ1) is 17.3. The summed E-state index contributed by atoms with van der Waals surface area (Å²) < 4.78 is 11.0. The minimum absolute atomic E-state index is 0.176. The van der Waals surface area contributed by atoms with Crippen LogP contribution < -0.4 is 0 Å². The number of nitrogens with zero attached hydrogens (tertiary/aromatic N) is 4. The van der Waals surface area contributed by atoms with Gasteiger partial charge >= 0.3 is 12.2 Å². The van der Waals surface area contributed by atoms with Crippen molar-refractivity contribution in [2.75, 3.05) is 58.9 Å². The van der Waals surface area contributed by atoms with Crippen molar-refractivity contribution in [3.8, 4) is 0 Å². The molecule has 4 rings (SSSR count). The van der Waals surface area contributed by atoms with Crippen molar-refractivity contribution < 1.29 is 19.1 Å². The smallest absolute Gasteiger partial charge is 0.410 e. The largest absolute Gasteiger partial charge is 0.445 e. The molecule has 8 heteroatoms. The van der Waals surface area contributed by atoms with E-state index in [1.807, 2.05) is 60.9 Å². The first-order valence-corrected chi connectivity index (χ1v) is 13.7. The summed E-state index contributed by atoms with van der Waals surface area (Å²) >= 11 is 0. The molecule has 0 aliphatic carbocycles. The average Bonchev–Trinajstić information content (AvgIpc) is 2.88. The molecule has 1 aromatic rings. The van der Waals surface area contributed by atoms with Crippen molar-refractivity contribution in [1.29, 1.82) is 0 Å². The fraction of sp³-hybridized carbons (Fsp3) is 0.714. The fourth-order valence-electron chi connectivity index (χ4n) is 5.52. The molecular formula is C28H44N4O4. The number of rotatable bonds is 5. The van der Waals surface area contributed by atoms with Gasteiger partial charge in [0.2, 0.25) is 0 Å². The van der Waals surface area contributed by atoms with Gasteiger partial charge in [0.25, 0.3) is 0 Å². The van der Waals surface area contributed by atoms with E-state index in [0.29, 0.717) is 18.6 Å². The van der Waals surface area contributed by atoms with E-state index in [1.54, 1.807) is 0 Å². The van der Waals surface area contributed by atoms with Gasteiger partial charge in [0.05, 0.1) is 0 Å². The van der Waals surface area contributed by atoms with Crippen LogP contribution in [0.4, 0.5) is 9.59 Å². The van der Waals surface area contributed by atoms with Gasteiger partial charge in [0.1, 0.15) is 12.2 Å². The SMILES string of the molecule is CC(C)(C)OC(=O)N1CCC(CN2CCN(C3CCN(C(=O)OCc4ccccc4)CC3)CC2)CC1. The highest BCUT2D eigenvalue weighted by atomic mass is 16.6. The van der Waals surface area contributed by atoms with E-state index in [-0.39, 0.29) is 12.2 Å². The summed E-state index contributed by atoms with van der Waals surface area (Å²) in [5, 5.41) is 0. The van der Waals surface area contributed by atoms with Crippen LogP contribution in [0, 0.1) is 5.92 Å². The van der Waals surface area contributed by atoms with Crippen molar-refractivity contribution in [2.24, 2.45) is 5.92 Å². The highest BCUT2D eigenvalue weighted by Gasteiger charge is 2.31. The van der Waals surface area contributed by atoms with Gasteiger partial charge in [-0.2, -0.15) is 0 Å². The monoisotopic (exact) mass is 500 g/mol. The van der Waals surface area contributed by atoms with E-state index in [2.05, 4.69) is 9.80 Å². The molecule has 3 aliphatic rings. The number of piperazine rings is 1. The number of ether oxygens (including phenoxy) is 2. The lowest BCUT2D eigenvalue weighted by atomic mass is 9.96. The van der Waals surface area contributed by atoms with E-state index in [0.717, 1.165) is 90.1 Å². The number of benzene rings is 1. The number of carbonyl (C=O) groups excluding carboxylic acids is 2. The van der Waals surface area contributed by atoms with E-state index < -0.39 is 5.60 Å².